The lowest BCUT2D eigenvalue weighted by atomic mass is 10.1. The van der Waals surface area contributed by atoms with Crippen molar-refractivity contribution >= 4 is 36.2 Å². The summed E-state index contributed by atoms with van der Waals surface area (Å²) in [4.78, 5) is 31.8. The maximum atomic E-state index is 12.6. The van der Waals surface area contributed by atoms with E-state index < -0.39 is 11.0 Å². The van der Waals surface area contributed by atoms with Crippen LogP contribution in [0.2, 0.25) is 0 Å². The highest BCUT2D eigenvalue weighted by Crippen LogP contribution is 2.26. The number of imidazole rings is 1. The van der Waals surface area contributed by atoms with Crippen molar-refractivity contribution in [2.24, 2.45) is 0 Å². The van der Waals surface area contributed by atoms with E-state index in [9.17, 15) is 14.9 Å². The zero-order valence-electron chi connectivity index (χ0n) is 15.9. The largest absolute Gasteiger partial charge is 0.445 e. The van der Waals surface area contributed by atoms with E-state index in [1.807, 2.05) is 6.92 Å². The Balaban J connectivity index is 1.56. The first-order chi connectivity index (χ1) is 13.9. The van der Waals surface area contributed by atoms with Gasteiger partial charge in [-0.2, -0.15) is 12.6 Å². The summed E-state index contributed by atoms with van der Waals surface area (Å²) in [6.07, 6.45) is 5.93. The molecule has 1 aromatic heterocycles. The summed E-state index contributed by atoms with van der Waals surface area (Å²) in [6.45, 7) is 2.61. The number of amides is 1. The molecule has 1 N–H and O–H groups in total. The first kappa shape index (κ1) is 21.3. The standard InChI is InChI=1S/C19H22N4O4S2/c1-13(12-29-18-20-6-7-21-18)8-16-9-17(28)10-22(16)19(24)27-11-14-2-4-15(5-3-14)23(25)26/h2-8,16-17,28H,9-12H2,1H3,(H,20,21)/b13-8-/t16-,17+/m1/s1. The van der Waals surface area contributed by atoms with E-state index in [-0.39, 0.29) is 23.6 Å². The molecule has 1 fully saturated rings. The average Bonchev–Trinajstić information content (AvgIpc) is 3.34. The molecule has 10 heteroatoms. The molecule has 1 aliphatic heterocycles. The second-order valence-electron chi connectivity index (χ2n) is 6.78. The molecule has 2 heterocycles. The molecule has 2 atom stereocenters. The number of nitrogens with zero attached hydrogens (tertiary/aromatic N) is 3. The Kier molecular flexibility index (Phi) is 7.21. The summed E-state index contributed by atoms with van der Waals surface area (Å²) in [5.41, 5.74) is 1.85. The second kappa shape index (κ2) is 9.84. The summed E-state index contributed by atoms with van der Waals surface area (Å²) in [6, 6.07) is 5.90. The fourth-order valence-electron chi connectivity index (χ4n) is 3.04. The number of thiol groups is 1. The summed E-state index contributed by atoms with van der Waals surface area (Å²) >= 11 is 6.14. The lowest BCUT2D eigenvalue weighted by Gasteiger charge is -2.22. The van der Waals surface area contributed by atoms with Crippen LogP contribution in [0.1, 0.15) is 18.9 Å². The number of non-ortho nitro benzene ring substituents is 1. The predicted octanol–water partition coefficient (Wildman–Crippen LogP) is 4.07. The Morgan fingerprint density at radius 3 is 2.90 bits per heavy atom. The number of nitrogens with one attached hydrogen (secondary N) is 1. The van der Waals surface area contributed by atoms with Crippen LogP contribution in [0.5, 0.6) is 0 Å². The molecule has 8 nitrogen and oxygen atoms in total. The summed E-state index contributed by atoms with van der Waals surface area (Å²) in [5.74, 6) is 0.771. The van der Waals surface area contributed by atoms with Crippen molar-refractivity contribution in [1.82, 2.24) is 14.9 Å². The molecular formula is C19H22N4O4S2. The van der Waals surface area contributed by atoms with Gasteiger partial charge in [-0.1, -0.05) is 23.4 Å². The minimum absolute atomic E-state index is 0.00521. The molecule has 2 aromatic rings. The summed E-state index contributed by atoms with van der Waals surface area (Å²) in [7, 11) is 0. The fourth-order valence-corrected chi connectivity index (χ4v) is 4.18. The monoisotopic (exact) mass is 434 g/mol. The van der Waals surface area contributed by atoms with Crippen LogP contribution < -0.4 is 0 Å². The van der Waals surface area contributed by atoms with Gasteiger partial charge in [0.1, 0.15) is 6.61 Å². The Bertz CT molecular complexity index is 871. The van der Waals surface area contributed by atoms with E-state index in [1.165, 1.54) is 12.1 Å². The van der Waals surface area contributed by atoms with Gasteiger partial charge < -0.3 is 14.6 Å². The van der Waals surface area contributed by atoms with E-state index in [0.717, 1.165) is 22.9 Å². The van der Waals surface area contributed by atoms with E-state index in [4.69, 9.17) is 4.74 Å². The molecule has 0 bridgehead atoms. The number of H-pyrrole nitrogens is 1. The number of carbonyl (C=O) groups excluding carboxylic acids is 1. The van der Waals surface area contributed by atoms with Crippen LogP contribution in [0.15, 0.2) is 53.5 Å². The Hall–Kier alpha value is -2.46. The third kappa shape index (κ3) is 6.01. The number of nitro benzene ring substituents is 1. The number of rotatable bonds is 7. The maximum absolute atomic E-state index is 12.6. The van der Waals surface area contributed by atoms with Gasteiger partial charge in [0.05, 0.1) is 11.0 Å². The number of benzene rings is 1. The van der Waals surface area contributed by atoms with Crippen molar-refractivity contribution in [3.63, 3.8) is 0 Å². The number of aromatic amines is 1. The third-order valence-corrected chi connectivity index (χ3v) is 5.92. The SMILES string of the molecule is C/C(=C/[C@@H]1C[C@H](S)CN1C(=O)OCc1ccc([N+](=O)[O-])cc1)CSc1ncc[nH]1. The molecular weight excluding hydrogens is 412 g/mol. The number of thioether (sulfide) groups is 1. The molecule has 29 heavy (non-hydrogen) atoms. The Morgan fingerprint density at radius 1 is 1.48 bits per heavy atom. The Labute approximate surface area is 178 Å². The summed E-state index contributed by atoms with van der Waals surface area (Å²) in [5, 5.41) is 11.7. The minimum atomic E-state index is -0.462. The molecule has 1 aromatic carbocycles. The van der Waals surface area contributed by atoms with Crippen LogP contribution in [-0.2, 0) is 11.3 Å². The Morgan fingerprint density at radius 2 is 2.24 bits per heavy atom. The normalized spacial score (nSPS) is 19.4. The number of aromatic nitrogens is 2. The number of hydrogen-bond donors (Lipinski definition) is 2. The molecule has 0 aliphatic carbocycles. The van der Waals surface area contributed by atoms with Gasteiger partial charge in [0, 0.05) is 42.1 Å². The molecule has 0 radical (unpaired) electrons. The van der Waals surface area contributed by atoms with Gasteiger partial charge >= 0.3 is 6.09 Å². The average molecular weight is 435 g/mol. The number of hydrogen-bond acceptors (Lipinski definition) is 7. The van der Waals surface area contributed by atoms with Crippen molar-refractivity contribution in [3.8, 4) is 0 Å². The van der Waals surface area contributed by atoms with E-state index >= 15 is 0 Å². The highest BCUT2D eigenvalue weighted by atomic mass is 32.2. The quantitative estimate of drug-likeness (QED) is 0.224. The zero-order valence-corrected chi connectivity index (χ0v) is 17.6. The van der Waals surface area contributed by atoms with Crippen LogP contribution in [-0.4, -0.2) is 49.5 Å². The van der Waals surface area contributed by atoms with Crippen LogP contribution in [0.4, 0.5) is 10.5 Å². The predicted molar refractivity (Wildman–Crippen MR) is 114 cm³/mol. The molecule has 0 saturated carbocycles. The number of likely N-dealkylation sites (tertiary alicyclic amines) is 1. The van der Waals surface area contributed by atoms with Crippen molar-refractivity contribution in [2.45, 2.75) is 36.4 Å². The van der Waals surface area contributed by atoms with Crippen molar-refractivity contribution in [1.29, 1.82) is 0 Å². The van der Waals surface area contributed by atoms with Crippen molar-refractivity contribution in [3.05, 3.63) is 64.0 Å². The number of carbonyl (C=O) groups is 1. The fraction of sp³-hybridized carbons (Fsp3) is 0.368. The van der Waals surface area contributed by atoms with Gasteiger partial charge in [-0.3, -0.25) is 10.1 Å². The van der Waals surface area contributed by atoms with Gasteiger partial charge in [-0.25, -0.2) is 9.78 Å². The first-order valence-electron chi connectivity index (χ1n) is 9.06. The highest BCUT2D eigenvalue weighted by molar-refractivity contribution is 7.99. The maximum Gasteiger partial charge on any atom is 0.410 e. The minimum Gasteiger partial charge on any atom is -0.445 e. The number of nitro groups is 1. The highest BCUT2D eigenvalue weighted by Gasteiger charge is 2.33. The number of ether oxygens (including phenoxy) is 1. The van der Waals surface area contributed by atoms with Crippen molar-refractivity contribution < 1.29 is 14.5 Å². The van der Waals surface area contributed by atoms with Crippen LogP contribution in [0, 0.1) is 10.1 Å². The van der Waals surface area contributed by atoms with Crippen LogP contribution in [0.25, 0.3) is 0 Å². The second-order valence-corrected chi connectivity index (χ2v) is 8.48. The van der Waals surface area contributed by atoms with Gasteiger partial charge in [-0.05, 0) is 31.0 Å². The molecule has 1 aliphatic rings. The lowest BCUT2D eigenvalue weighted by molar-refractivity contribution is -0.384. The van der Waals surface area contributed by atoms with Crippen LogP contribution >= 0.6 is 24.4 Å². The van der Waals surface area contributed by atoms with E-state index in [0.29, 0.717) is 12.1 Å². The molecule has 0 spiro atoms. The molecule has 0 unspecified atom stereocenters. The van der Waals surface area contributed by atoms with Gasteiger partial charge in [0.15, 0.2) is 5.16 Å². The van der Waals surface area contributed by atoms with Crippen LogP contribution in [0.3, 0.4) is 0 Å². The first-order valence-corrected chi connectivity index (χ1v) is 10.6. The van der Waals surface area contributed by atoms with Crippen molar-refractivity contribution in [2.75, 3.05) is 12.3 Å². The van der Waals surface area contributed by atoms with Gasteiger partial charge in [-0.15, -0.1) is 0 Å². The van der Waals surface area contributed by atoms with Gasteiger partial charge in [0.25, 0.3) is 5.69 Å². The molecule has 154 valence electrons. The molecule has 3 rings (SSSR count). The summed E-state index contributed by atoms with van der Waals surface area (Å²) < 4.78 is 5.43. The molecule has 1 amide bonds. The van der Waals surface area contributed by atoms with E-state index in [1.54, 1.807) is 41.2 Å². The van der Waals surface area contributed by atoms with E-state index in [2.05, 4.69) is 28.7 Å². The zero-order chi connectivity index (χ0) is 20.8. The topological polar surface area (TPSA) is 101 Å². The third-order valence-electron chi connectivity index (χ3n) is 4.45. The van der Waals surface area contributed by atoms with Gasteiger partial charge in [0.2, 0.25) is 0 Å². The molecule has 1 saturated heterocycles. The lowest BCUT2D eigenvalue weighted by Crippen LogP contribution is -2.35. The smallest absolute Gasteiger partial charge is 0.410 e.